The van der Waals surface area contributed by atoms with Gasteiger partial charge in [0.15, 0.2) is 0 Å². The number of carboxylic acids is 1. The van der Waals surface area contributed by atoms with Gasteiger partial charge >= 0.3 is 5.97 Å². The number of hydrazine groups is 1. The van der Waals surface area contributed by atoms with Crippen LogP contribution in [-0.2, 0) is 16.0 Å². The number of ether oxygens (including phenoxy) is 1. The van der Waals surface area contributed by atoms with Crippen molar-refractivity contribution >= 4 is 40.7 Å². The fourth-order valence-corrected chi connectivity index (χ4v) is 7.13. The number of hydrogen-bond donors (Lipinski definition) is 2. The van der Waals surface area contributed by atoms with Gasteiger partial charge in [-0.2, -0.15) is 10.2 Å². The van der Waals surface area contributed by atoms with Gasteiger partial charge in [-0.3, -0.25) is 10.0 Å². The van der Waals surface area contributed by atoms with Crippen LogP contribution in [0.3, 0.4) is 0 Å². The summed E-state index contributed by atoms with van der Waals surface area (Å²) in [6, 6.07) is 12.2. The van der Waals surface area contributed by atoms with Crippen LogP contribution in [0.25, 0.3) is 0 Å². The number of allylic oxidation sites excluding steroid dienone is 2. The van der Waals surface area contributed by atoms with Gasteiger partial charge in [-0.15, -0.1) is 17.7 Å². The average Bonchev–Trinajstić information content (AvgIpc) is 3.07. The lowest BCUT2D eigenvalue weighted by Crippen LogP contribution is -2.51. The smallest absolute Gasteiger partial charge is 0.322 e. The molecule has 3 aromatic rings. The molecule has 2 atom stereocenters. The van der Waals surface area contributed by atoms with E-state index in [-0.39, 0.29) is 23.5 Å². The molecule has 0 aliphatic carbocycles. The first-order valence-electron chi connectivity index (χ1n) is 16.7. The number of rotatable bonds is 17. The Balaban J connectivity index is 2.02. The van der Waals surface area contributed by atoms with Crippen molar-refractivity contribution in [2.75, 3.05) is 51.4 Å². The largest absolute Gasteiger partial charge is 0.495 e. The summed E-state index contributed by atoms with van der Waals surface area (Å²) < 4.78 is 51.8. The second-order valence-electron chi connectivity index (χ2n) is 13.8. The van der Waals surface area contributed by atoms with E-state index in [2.05, 4.69) is 11.8 Å². The number of carbonyl (C=O) groups is 1. The molecule has 0 radical (unpaired) electrons. The van der Waals surface area contributed by atoms with E-state index in [0.717, 1.165) is 28.4 Å². The summed E-state index contributed by atoms with van der Waals surface area (Å²) in [5.41, 5.74) is 1.05. The zero-order valence-corrected chi connectivity index (χ0v) is 32.7. The zero-order chi connectivity index (χ0) is 39.0. The number of nitrogens with zero attached hydrogens (tertiary/aromatic N) is 4. The highest BCUT2D eigenvalue weighted by atomic mass is 35.5. The number of thioether (sulfide) groups is 1. The van der Waals surface area contributed by atoms with Crippen LogP contribution in [0.4, 0.5) is 24.5 Å². The monoisotopic (exact) mass is 761 g/mol. The Labute approximate surface area is 314 Å². The molecule has 2 N–H and O–H groups in total. The van der Waals surface area contributed by atoms with Gasteiger partial charge in [-0.05, 0) is 62.7 Å². The number of aliphatic carboxylic acids is 1. The van der Waals surface area contributed by atoms with Crippen molar-refractivity contribution in [2.24, 2.45) is 0 Å². The molecule has 0 aliphatic rings. The van der Waals surface area contributed by atoms with Gasteiger partial charge in [0.05, 0.1) is 45.5 Å². The molecular weight excluding hydrogens is 713 g/mol. The standard InChI is InChI=1S/C39H48ClF3N4O4S/c1-10-13-37(45(29-17-15-28(41)16-18-29)36(11-2)39(4,5)27-14-19-32(40)35(22-27)51-9)52-25-31-33(42)23-30(24-34(31)43)46(50)44(26(3)38(48)49)20-12-21-47(6,7)8/h11,14-19,22-24,26,37,50H,12,20-21,25H2,1-9H3/p+1/b36-11-. The summed E-state index contributed by atoms with van der Waals surface area (Å²) >= 11 is 7.51. The van der Waals surface area contributed by atoms with E-state index >= 15 is 8.78 Å². The van der Waals surface area contributed by atoms with Crippen LogP contribution in [-0.4, -0.2) is 78.5 Å². The molecule has 2 unspecified atom stereocenters. The lowest BCUT2D eigenvalue weighted by molar-refractivity contribution is -0.870. The van der Waals surface area contributed by atoms with Crippen molar-refractivity contribution in [3.63, 3.8) is 0 Å². The number of methoxy groups -OCH3 is 1. The van der Waals surface area contributed by atoms with Crippen molar-refractivity contribution in [3.8, 4) is 17.6 Å². The fraction of sp³-hybridized carbons (Fsp3) is 0.410. The van der Waals surface area contributed by atoms with E-state index < -0.39 is 40.3 Å². The van der Waals surface area contributed by atoms with Crippen molar-refractivity contribution in [1.82, 2.24) is 5.01 Å². The minimum absolute atomic E-state index is 0.128. The first kappa shape index (κ1) is 42.6. The molecule has 282 valence electrons. The third-order valence-electron chi connectivity index (χ3n) is 8.66. The maximum Gasteiger partial charge on any atom is 0.322 e. The Hall–Kier alpha value is -3.86. The summed E-state index contributed by atoms with van der Waals surface area (Å²) in [6.45, 7) is 9.75. The molecule has 0 fully saturated rings. The van der Waals surface area contributed by atoms with Crippen molar-refractivity contribution in [3.05, 3.63) is 100.0 Å². The molecule has 0 saturated heterocycles. The maximum absolute atomic E-state index is 15.8. The van der Waals surface area contributed by atoms with E-state index in [4.69, 9.17) is 16.3 Å². The highest BCUT2D eigenvalue weighted by Crippen LogP contribution is 2.42. The number of halogens is 4. The Morgan fingerprint density at radius 2 is 1.67 bits per heavy atom. The van der Waals surface area contributed by atoms with Gasteiger partial charge in [0.25, 0.3) is 0 Å². The molecule has 0 spiro atoms. The third kappa shape index (κ3) is 10.6. The summed E-state index contributed by atoms with van der Waals surface area (Å²) in [5.74, 6) is 2.97. The summed E-state index contributed by atoms with van der Waals surface area (Å²) in [6.07, 6.45) is 2.43. The van der Waals surface area contributed by atoms with E-state index in [1.807, 2.05) is 65.0 Å². The van der Waals surface area contributed by atoms with Crippen LogP contribution in [0.2, 0.25) is 5.02 Å². The van der Waals surface area contributed by atoms with Crippen molar-refractivity contribution in [1.29, 1.82) is 0 Å². The summed E-state index contributed by atoms with van der Waals surface area (Å²) in [5, 5.41) is 22.2. The molecule has 3 rings (SSSR count). The molecule has 0 amide bonds. The quantitative estimate of drug-likeness (QED) is 0.0613. The molecule has 0 aromatic heterocycles. The zero-order valence-electron chi connectivity index (χ0n) is 31.2. The lowest BCUT2D eigenvalue weighted by Gasteiger charge is -2.41. The Morgan fingerprint density at radius 1 is 1.06 bits per heavy atom. The SMILES string of the molecule is CC#CC(SCc1c(F)cc(N(O)N(CCC[N+](C)(C)C)C(C)C(=O)O)cc1F)N(/C(=C\C)C(C)(C)c1ccc(Cl)c(OC)c1)c1ccc(F)cc1. The fourth-order valence-electron chi connectivity index (χ4n) is 5.74. The van der Waals surface area contributed by atoms with Gasteiger partial charge < -0.3 is 19.2 Å². The predicted molar refractivity (Wildman–Crippen MR) is 204 cm³/mol. The van der Waals surface area contributed by atoms with Gasteiger partial charge in [0, 0.05) is 53.2 Å². The minimum Gasteiger partial charge on any atom is -0.495 e. The van der Waals surface area contributed by atoms with E-state index in [0.29, 0.717) is 39.1 Å². The molecular formula is C39H49ClF3N4O4S+. The highest BCUT2D eigenvalue weighted by molar-refractivity contribution is 7.99. The molecule has 0 aliphatic heterocycles. The number of benzene rings is 3. The molecule has 13 heteroatoms. The van der Waals surface area contributed by atoms with E-state index in [1.165, 1.54) is 37.9 Å². The Bertz CT molecular complexity index is 1770. The van der Waals surface area contributed by atoms with Gasteiger partial charge in [0.1, 0.15) is 34.6 Å². The maximum atomic E-state index is 15.8. The predicted octanol–water partition coefficient (Wildman–Crippen LogP) is 8.72. The Kier molecular flexibility index (Phi) is 14.9. The second kappa shape index (κ2) is 18.3. The summed E-state index contributed by atoms with van der Waals surface area (Å²) in [4.78, 5) is 13.8. The minimum atomic E-state index is -1.20. The molecule has 0 heterocycles. The number of quaternary nitrogens is 1. The van der Waals surface area contributed by atoms with Crippen LogP contribution in [0.15, 0.2) is 66.4 Å². The van der Waals surface area contributed by atoms with Gasteiger partial charge in [-0.25, -0.2) is 13.2 Å². The van der Waals surface area contributed by atoms with E-state index in [1.54, 1.807) is 25.1 Å². The van der Waals surface area contributed by atoms with Crippen LogP contribution in [0, 0.1) is 29.3 Å². The average molecular weight is 762 g/mol. The molecule has 0 saturated carbocycles. The summed E-state index contributed by atoms with van der Waals surface area (Å²) in [7, 11) is 7.48. The van der Waals surface area contributed by atoms with Crippen molar-refractivity contribution < 1.29 is 37.5 Å². The van der Waals surface area contributed by atoms with Crippen LogP contribution in [0.1, 0.15) is 52.2 Å². The van der Waals surface area contributed by atoms with Crippen LogP contribution in [0.5, 0.6) is 5.75 Å². The van der Waals surface area contributed by atoms with Gasteiger partial charge in [0.2, 0.25) is 0 Å². The van der Waals surface area contributed by atoms with Crippen LogP contribution >= 0.6 is 23.4 Å². The Morgan fingerprint density at radius 3 is 2.19 bits per heavy atom. The van der Waals surface area contributed by atoms with E-state index in [9.17, 15) is 19.5 Å². The number of hydrogen-bond acceptors (Lipinski definition) is 7. The number of carboxylic acid groups (broad SMARTS) is 1. The first-order chi connectivity index (χ1) is 24.4. The first-order valence-corrected chi connectivity index (χ1v) is 18.1. The lowest BCUT2D eigenvalue weighted by atomic mass is 9.80. The normalized spacial score (nSPS) is 13.3. The third-order valence-corrected chi connectivity index (χ3v) is 10.1. The molecule has 8 nitrogen and oxygen atoms in total. The molecule has 0 bridgehead atoms. The van der Waals surface area contributed by atoms with Crippen LogP contribution < -0.4 is 14.8 Å². The topological polar surface area (TPSA) is 76.5 Å². The van der Waals surface area contributed by atoms with Gasteiger partial charge in [-0.1, -0.05) is 43.5 Å². The second-order valence-corrected chi connectivity index (χ2v) is 15.3. The molecule has 3 aromatic carbocycles. The van der Waals surface area contributed by atoms with Crippen molar-refractivity contribution in [2.45, 2.75) is 63.6 Å². The molecule has 52 heavy (non-hydrogen) atoms. The highest BCUT2D eigenvalue weighted by Gasteiger charge is 2.35. The number of anilines is 2.